The van der Waals surface area contributed by atoms with Gasteiger partial charge in [0.05, 0.1) is 6.61 Å². The first kappa shape index (κ1) is 12.9. The van der Waals surface area contributed by atoms with E-state index in [4.69, 9.17) is 10.2 Å². The van der Waals surface area contributed by atoms with Crippen LogP contribution in [0.25, 0.3) is 0 Å². The van der Waals surface area contributed by atoms with Gasteiger partial charge in [0.25, 0.3) is 0 Å². The van der Waals surface area contributed by atoms with Gasteiger partial charge in [-0.25, -0.2) is 0 Å². The molecule has 1 aromatic rings. The van der Waals surface area contributed by atoms with Gasteiger partial charge >= 0.3 is 5.97 Å². The number of carboxylic acids is 1. The molecule has 14 heavy (non-hydrogen) atoms. The molecule has 0 saturated carbocycles. The molecule has 0 fully saturated rings. The van der Waals surface area contributed by atoms with Crippen LogP contribution in [-0.4, -0.2) is 22.8 Å². The zero-order valence-electron chi connectivity index (χ0n) is 7.80. The molecule has 0 amide bonds. The average Bonchev–Trinajstić information content (AvgIpc) is 2.17. The third-order valence-electron chi connectivity index (χ3n) is 2.20. The van der Waals surface area contributed by atoms with Crippen molar-refractivity contribution in [3.63, 3.8) is 0 Å². The van der Waals surface area contributed by atoms with Crippen molar-refractivity contribution in [1.29, 1.82) is 0 Å². The summed E-state index contributed by atoms with van der Waals surface area (Å²) in [6, 6.07) is 8.72. The van der Waals surface area contributed by atoms with Gasteiger partial charge in [0.1, 0.15) is 5.41 Å². The van der Waals surface area contributed by atoms with Crippen molar-refractivity contribution in [2.45, 2.75) is 12.3 Å². The third kappa shape index (κ3) is 2.25. The summed E-state index contributed by atoms with van der Waals surface area (Å²) in [7, 11) is 0. The average molecular weight is 217 g/mol. The quantitative estimate of drug-likeness (QED) is 0.804. The molecule has 0 spiro atoms. The summed E-state index contributed by atoms with van der Waals surface area (Å²) in [5, 5.41) is 18.0. The first-order chi connectivity index (χ1) is 6.11. The molecule has 0 bridgehead atoms. The number of hydrogen-bond acceptors (Lipinski definition) is 2. The summed E-state index contributed by atoms with van der Waals surface area (Å²) in [6.07, 6.45) is 0. The van der Waals surface area contributed by atoms with Crippen LogP contribution in [0.5, 0.6) is 0 Å². The van der Waals surface area contributed by atoms with Gasteiger partial charge in [-0.05, 0) is 12.5 Å². The van der Waals surface area contributed by atoms with Crippen LogP contribution in [0.3, 0.4) is 0 Å². The Morgan fingerprint density at radius 2 is 1.86 bits per heavy atom. The molecule has 0 aromatic heterocycles. The molecule has 1 rings (SSSR count). The zero-order chi connectivity index (χ0) is 9.90. The number of hydrogen-bond donors (Lipinski definition) is 2. The van der Waals surface area contributed by atoms with Gasteiger partial charge in [0.2, 0.25) is 0 Å². The van der Waals surface area contributed by atoms with Gasteiger partial charge in [-0.15, -0.1) is 12.4 Å². The minimum absolute atomic E-state index is 0. The van der Waals surface area contributed by atoms with Gasteiger partial charge in [-0.1, -0.05) is 30.3 Å². The molecule has 2 N–H and O–H groups in total. The standard InChI is InChI=1S/C10H12O3.ClH/c1-10(7-11,9(12)13)8-5-3-2-4-6-8;/h2-6,11H,7H2,1H3,(H,12,13);1H. The molecule has 0 radical (unpaired) electrons. The molecular weight excluding hydrogens is 204 g/mol. The SMILES string of the molecule is CC(CO)(C(=O)O)c1ccccc1.Cl. The third-order valence-corrected chi connectivity index (χ3v) is 2.20. The van der Waals surface area contributed by atoms with Crippen molar-refractivity contribution in [3.8, 4) is 0 Å². The molecule has 0 heterocycles. The normalized spacial score (nSPS) is 13.9. The molecule has 0 aliphatic carbocycles. The molecule has 0 saturated heterocycles. The topological polar surface area (TPSA) is 57.5 Å². The number of rotatable bonds is 3. The Kier molecular flexibility index (Phi) is 4.60. The Morgan fingerprint density at radius 3 is 2.21 bits per heavy atom. The summed E-state index contributed by atoms with van der Waals surface area (Å²) < 4.78 is 0. The number of aliphatic hydroxyl groups is 1. The second-order valence-electron chi connectivity index (χ2n) is 3.16. The Bertz CT molecular complexity index is 299. The van der Waals surface area contributed by atoms with Crippen LogP contribution < -0.4 is 0 Å². The van der Waals surface area contributed by atoms with E-state index < -0.39 is 18.0 Å². The molecule has 0 aliphatic heterocycles. The summed E-state index contributed by atoms with van der Waals surface area (Å²) in [5.41, 5.74) is -0.577. The fourth-order valence-electron chi connectivity index (χ4n) is 1.09. The van der Waals surface area contributed by atoms with Crippen LogP contribution in [0.15, 0.2) is 30.3 Å². The minimum atomic E-state index is -1.19. The lowest BCUT2D eigenvalue weighted by molar-refractivity contribution is -0.144. The van der Waals surface area contributed by atoms with Crippen molar-refractivity contribution >= 4 is 18.4 Å². The first-order valence-corrected chi connectivity index (χ1v) is 4.01. The molecule has 3 nitrogen and oxygen atoms in total. The van der Waals surface area contributed by atoms with Crippen molar-refractivity contribution in [3.05, 3.63) is 35.9 Å². The van der Waals surface area contributed by atoms with E-state index in [1.165, 1.54) is 6.92 Å². The maximum atomic E-state index is 10.9. The van der Waals surface area contributed by atoms with Crippen LogP contribution in [0.4, 0.5) is 0 Å². The molecule has 78 valence electrons. The van der Waals surface area contributed by atoms with E-state index in [-0.39, 0.29) is 12.4 Å². The maximum absolute atomic E-state index is 10.9. The molecule has 0 aliphatic rings. The fourth-order valence-corrected chi connectivity index (χ4v) is 1.09. The van der Waals surface area contributed by atoms with E-state index in [2.05, 4.69) is 0 Å². The fraction of sp³-hybridized carbons (Fsp3) is 0.300. The van der Waals surface area contributed by atoms with E-state index in [1.807, 2.05) is 6.07 Å². The van der Waals surface area contributed by atoms with Crippen molar-refractivity contribution < 1.29 is 15.0 Å². The number of halogens is 1. The highest BCUT2D eigenvalue weighted by atomic mass is 35.5. The lowest BCUT2D eigenvalue weighted by Crippen LogP contribution is -2.36. The molecule has 1 unspecified atom stereocenters. The smallest absolute Gasteiger partial charge is 0.316 e. The summed E-state index contributed by atoms with van der Waals surface area (Å²) in [6.45, 7) is 1.11. The predicted octanol–water partition coefficient (Wildman–Crippen LogP) is 1.44. The van der Waals surface area contributed by atoms with Crippen LogP contribution in [0.1, 0.15) is 12.5 Å². The minimum Gasteiger partial charge on any atom is -0.481 e. The van der Waals surface area contributed by atoms with E-state index in [0.717, 1.165) is 0 Å². The largest absolute Gasteiger partial charge is 0.481 e. The van der Waals surface area contributed by atoms with E-state index >= 15 is 0 Å². The Hall–Kier alpha value is -1.06. The molecule has 1 aromatic carbocycles. The van der Waals surface area contributed by atoms with Gasteiger partial charge in [-0.3, -0.25) is 4.79 Å². The maximum Gasteiger partial charge on any atom is 0.316 e. The number of aliphatic hydroxyl groups excluding tert-OH is 1. The van der Waals surface area contributed by atoms with E-state index in [0.29, 0.717) is 5.56 Å². The Morgan fingerprint density at radius 1 is 1.36 bits per heavy atom. The Labute approximate surface area is 88.8 Å². The van der Waals surface area contributed by atoms with Crippen molar-refractivity contribution in [2.75, 3.05) is 6.61 Å². The predicted molar refractivity (Wildman–Crippen MR) is 55.8 cm³/mol. The van der Waals surface area contributed by atoms with Gasteiger partial charge < -0.3 is 10.2 Å². The Balaban J connectivity index is 0.00000169. The molecule has 4 heteroatoms. The van der Waals surface area contributed by atoms with Crippen LogP contribution in [-0.2, 0) is 10.2 Å². The number of aliphatic carboxylic acids is 1. The van der Waals surface area contributed by atoms with Crippen LogP contribution >= 0.6 is 12.4 Å². The lowest BCUT2D eigenvalue weighted by atomic mass is 9.83. The lowest BCUT2D eigenvalue weighted by Gasteiger charge is -2.22. The number of benzene rings is 1. The summed E-state index contributed by atoms with van der Waals surface area (Å²) >= 11 is 0. The molecule has 1 atom stereocenters. The highest BCUT2D eigenvalue weighted by molar-refractivity contribution is 5.85. The highest BCUT2D eigenvalue weighted by Gasteiger charge is 2.34. The van der Waals surface area contributed by atoms with E-state index in [9.17, 15) is 4.79 Å². The number of carboxylic acid groups (broad SMARTS) is 1. The second kappa shape index (κ2) is 4.98. The monoisotopic (exact) mass is 216 g/mol. The van der Waals surface area contributed by atoms with Gasteiger partial charge in [-0.2, -0.15) is 0 Å². The van der Waals surface area contributed by atoms with Crippen molar-refractivity contribution in [2.24, 2.45) is 0 Å². The molecular formula is C10H13ClO3. The first-order valence-electron chi connectivity index (χ1n) is 4.01. The zero-order valence-corrected chi connectivity index (χ0v) is 8.62. The van der Waals surface area contributed by atoms with Crippen LogP contribution in [0.2, 0.25) is 0 Å². The van der Waals surface area contributed by atoms with Gasteiger partial charge in [0, 0.05) is 0 Å². The summed E-state index contributed by atoms with van der Waals surface area (Å²) in [4.78, 5) is 10.9. The van der Waals surface area contributed by atoms with E-state index in [1.54, 1.807) is 24.3 Å². The van der Waals surface area contributed by atoms with Gasteiger partial charge in [0.15, 0.2) is 0 Å². The second-order valence-corrected chi connectivity index (χ2v) is 3.16. The van der Waals surface area contributed by atoms with Crippen LogP contribution in [0, 0.1) is 0 Å². The number of carbonyl (C=O) groups is 1. The summed E-state index contributed by atoms with van der Waals surface area (Å²) in [5.74, 6) is -1.01. The highest BCUT2D eigenvalue weighted by Crippen LogP contribution is 2.22. The van der Waals surface area contributed by atoms with Crippen molar-refractivity contribution in [1.82, 2.24) is 0 Å².